The minimum absolute atomic E-state index is 0.0360. The van der Waals surface area contributed by atoms with Crippen molar-refractivity contribution in [1.29, 1.82) is 0 Å². The molecule has 0 aromatic heterocycles. The lowest BCUT2D eigenvalue weighted by molar-refractivity contribution is -0.133. The highest BCUT2D eigenvalue weighted by atomic mass is 16.5. The Morgan fingerprint density at radius 2 is 2.12 bits per heavy atom. The third-order valence-electron chi connectivity index (χ3n) is 4.14. The minimum Gasteiger partial charge on any atom is -0.394 e. The van der Waals surface area contributed by atoms with Gasteiger partial charge < -0.3 is 15.2 Å². The van der Waals surface area contributed by atoms with Crippen molar-refractivity contribution in [2.24, 2.45) is 5.92 Å². The second-order valence-electron chi connectivity index (χ2n) is 5.61. The molecule has 17 heavy (non-hydrogen) atoms. The van der Waals surface area contributed by atoms with Crippen molar-refractivity contribution in [2.75, 3.05) is 13.2 Å². The highest BCUT2D eigenvalue weighted by Crippen LogP contribution is 2.32. The number of hydrogen-bond donors (Lipinski definition) is 2. The average Bonchev–Trinajstić information content (AvgIpc) is 2.86. The van der Waals surface area contributed by atoms with Crippen LogP contribution in [0.2, 0.25) is 0 Å². The summed E-state index contributed by atoms with van der Waals surface area (Å²) in [5.74, 6) is 0.667. The van der Waals surface area contributed by atoms with E-state index in [1.165, 1.54) is 0 Å². The molecule has 1 aliphatic heterocycles. The van der Waals surface area contributed by atoms with E-state index in [-0.39, 0.29) is 18.6 Å². The van der Waals surface area contributed by atoms with E-state index < -0.39 is 5.54 Å². The number of aliphatic hydroxyl groups excluding tert-OH is 1. The van der Waals surface area contributed by atoms with Crippen molar-refractivity contribution in [3.05, 3.63) is 0 Å². The Labute approximate surface area is 103 Å². The summed E-state index contributed by atoms with van der Waals surface area (Å²) in [4.78, 5) is 12.0. The number of rotatable bonds is 3. The van der Waals surface area contributed by atoms with Crippen LogP contribution in [-0.4, -0.2) is 35.9 Å². The van der Waals surface area contributed by atoms with Gasteiger partial charge in [0.1, 0.15) is 6.10 Å². The second kappa shape index (κ2) is 5.36. The first-order chi connectivity index (χ1) is 8.15. The number of carbonyl (C=O) groups excluding carboxylic acids is 1. The molecule has 0 spiro atoms. The summed E-state index contributed by atoms with van der Waals surface area (Å²) in [5.41, 5.74) is -0.393. The fourth-order valence-electron chi connectivity index (χ4n) is 2.76. The van der Waals surface area contributed by atoms with E-state index in [1.807, 2.05) is 0 Å². The summed E-state index contributed by atoms with van der Waals surface area (Å²) < 4.78 is 5.37. The van der Waals surface area contributed by atoms with E-state index in [0.29, 0.717) is 12.5 Å². The lowest BCUT2D eigenvalue weighted by Gasteiger charge is -2.39. The summed E-state index contributed by atoms with van der Waals surface area (Å²) in [6.45, 7) is 2.95. The van der Waals surface area contributed by atoms with Crippen molar-refractivity contribution in [2.45, 2.75) is 57.1 Å². The van der Waals surface area contributed by atoms with E-state index in [0.717, 1.165) is 38.5 Å². The Morgan fingerprint density at radius 3 is 2.65 bits per heavy atom. The third kappa shape index (κ3) is 2.99. The molecule has 1 aliphatic carbocycles. The SMILES string of the molecule is CC1CCC(CO)(NC(=O)C2CCCO2)CC1. The summed E-state index contributed by atoms with van der Waals surface area (Å²) in [6, 6.07) is 0. The summed E-state index contributed by atoms with van der Waals surface area (Å²) >= 11 is 0. The Kier molecular flexibility index (Phi) is 4.05. The first-order valence-corrected chi connectivity index (χ1v) is 6.70. The number of carbonyl (C=O) groups is 1. The fraction of sp³-hybridized carbons (Fsp3) is 0.923. The summed E-state index contributed by atoms with van der Waals surface area (Å²) in [5, 5.41) is 12.6. The normalized spacial score (nSPS) is 38.0. The van der Waals surface area contributed by atoms with Crippen LogP contribution < -0.4 is 5.32 Å². The molecule has 0 bridgehead atoms. The zero-order valence-corrected chi connectivity index (χ0v) is 10.6. The predicted molar refractivity (Wildman–Crippen MR) is 64.6 cm³/mol. The van der Waals surface area contributed by atoms with Crippen molar-refractivity contribution in [1.82, 2.24) is 5.32 Å². The molecule has 2 rings (SSSR count). The molecule has 1 saturated carbocycles. The van der Waals surface area contributed by atoms with Crippen molar-refractivity contribution < 1.29 is 14.6 Å². The molecule has 2 N–H and O–H groups in total. The molecule has 0 aromatic rings. The van der Waals surface area contributed by atoms with Crippen molar-refractivity contribution >= 4 is 5.91 Å². The molecule has 2 aliphatic rings. The lowest BCUT2D eigenvalue weighted by atomic mass is 9.77. The number of amides is 1. The molecule has 1 unspecified atom stereocenters. The van der Waals surface area contributed by atoms with Crippen LogP contribution in [0.1, 0.15) is 45.4 Å². The van der Waals surface area contributed by atoms with Crippen LogP contribution in [-0.2, 0) is 9.53 Å². The predicted octanol–water partition coefficient (Wildman–Crippen LogP) is 1.22. The van der Waals surface area contributed by atoms with E-state index in [2.05, 4.69) is 12.2 Å². The lowest BCUT2D eigenvalue weighted by Crippen LogP contribution is -2.55. The van der Waals surface area contributed by atoms with Crippen LogP contribution in [0.3, 0.4) is 0 Å². The van der Waals surface area contributed by atoms with Gasteiger partial charge in [-0.1, -0.05) is 6.92 Å². The van der Waals surface area contributed by atoms with Gasteiger partial charge in [0.25, 0.3) is 0 Å². The number of ether oxygens (including phenoxy) is 1. The van der Waals surface area contributed by atoms with Crippen molar-refractivity contribution in [3.63, 3.8) is 0 Å². The summed E-state index contributed by atoms with van der Waals surface area (Å²) in [7, 11) is 0. The molecule has 98 valence electrons. The van der Waals surface area contributed by atoms with Gasteiger partial charge in [0, 0.05) is 6.61 Å². The maximum absolute atomic E-state index is 12.0. The van der Waals surface area contributed by atoms with Crippen LogP contribution >= 0.6 is 0 Å². The van der Waals surface area contributed by atoms with Gasteiger partial charge in [-0.15, -0.1) is 0 Å². The maximum Gasteiger partial charge on any atom is 0.249 e. The highest BCUT2D eigenvalue weighted by molar-refractivity contribution is 5.81. The summed E-state index contributed by atoms with van der Waals surface area (Å²) in [6.07, 6.45) is 5.38. The maximum atomic E-state index is 12.0. The van der Waals surface area contributed by atoms with Crippen LogP contribution in [0.25, 0.3) is 0 Å². The van der Waals surface area contributed by atoms with E-state index in [1.54, 1.807) is 0 Å². The monoisotopic (exact) mass is 241 g/mol. The Balaban J connectivity index is 1.92. The molecule has 1 atom stereocenters. The van der Waals surface area contributed by atoms with Crippen molar-refractivity contribution in [3.8, 4) is 0 Å². The largest absolute Gasteiger partial charge is 0.394 e. The molecule has 1 amide bonds. The molecular formula is C13H23NO3. The molecule has 0 aromatic carbocycles. The standard InChI is InChI=1S/C13H23NO3/c1-10-4-6-13(9-15,7-5-10)14-12(16)11-3-2-8-17-11/h10-11,15H,2-9H2,1H3,(H,14,16). The van der Waals surface area contributed by atoms with Crippen LogP contribution in [0.15, 0.2) is 0 Å². The first-order valence-electron chi connectivity index (χ1n) is 6.70. The Bertz CT molecular complexity index is 266. The first kappa shape index (κ1) is 12.8. The van der Waals surface area contributed by atoms with Gasteiger partial charge in [-0.2, -0.15) is 0 Å². The zero-order valence-electron chi connectivity index (χ0n) is 10.6. The molecule has 1 heterocycles. The topological polar surface area (TPSA) is 58.6 Å². The molecular weight excluding hydrogens is 218 g/mol. The number of aliphatic hydroxyl groups is 1. The van der Waals surface area contributed by atoms with Crippen LogP contribution in [0.5, 0.6) is 0 Å². The fourth-order valence-corrected chi connectivity index (χ4v) is 2.76. The Hall–Kier alpha value is -0.610. The zero-order chi connectivity index (χ0) is 12.3. The number of nitrogens with one attached hydrogen (secondary N) is 1. The Morgan fingerprint density at radius 1 is 1.41 bits per heavy atom. The van der Waals surface area contributed by atoms with Crippen LogP contribution in [0, 0.1) is 5.92 Å². The number of hydrogen-bond acceptors (Lipinski definition) is 3. The van der Waals surface area contributed by atoms with Crippen LogP contribution in [0.4, 0.5) is 0 Å². The van der Waals surface area contributed by atoms with Gasteiger partial charge >= 0.3 is 0 Å². The smallest absolute Gasteiger partial charge is 0.249 e. The van der Waals surface area contributed by atoms with E-state index >= 15 is 0 Å². The second-order valence-corrected chi connectivity index (χ2v) is 5.61. The van der Waals surface area contributed by atoms with Gasteiger partial charge in [-0.05, 0) is 44.4 Å². The van der Waals surface area contributed by atoms with Gasteiger partial charge in [-0.25, -0.2) is 0 Å². The molecule has 4 heteroatoms. The molecule has 4 nitrogen and oxygen atoms in total. The quantitative estimate of drug-likeness (QED) is 0.781. The van der Waals surface area contributed by atoms with Gasteiger partial charge in [-0.3, -0.25) is 4.79 Å². The minimum atomic E-state index is -0.393. The third-order valence-corrected chi connectivity index (χ3v) is 4.14. The highest BCUT2D eigenvalue weighted by Gasteiger charge is 2.37. The van der Waals surface area contributed by atoms with Gasteiger partial charge in [0.15, 0.2) is 0 Å². The molecule has 0 radical (unpaired) electrons. The van der Waals surface area contributed by atoms with E-state index in [4.69, 9.17) is 4.74 Å². The molecule has 2 fully saturated rings. The molecule has 1 saturated heterocycles. The van der Waals surface area contributed by atoms with Gasteiger partial charge in [0.2, 0.25) is 5.91 Å². The van der Waals surface area contributed by atoms with Gasteiger partial charge in [0.05, 0.1) is 12.1 Å². The van der Waals surface area contributed by atoms with E-state index in [9.17, 15) is 9.90 Å². The average molecular weight is 241 g/mol.